The normalized spacial score (nSPS) is 24.6. The third kappa shape index (κ3) is 2.64. The number of pyridine rings is 1. The Hall–Kier alpha value is -1.23. The molecule has 1 fully saturated rings. The van der Waals surface area contributed by atoms with Crippen LogP contribution < -0.4 is 5.32 Å². The van der Waals surface area contributed by atoms with Gasteiger partial charge in [0.2, 0.25) is 0 Å². The number of aryl methyl sites for hydroxylation is 2. The van der Waals surface area contributed by atoms with Crippen LogP contribution >= 0.6 is 11.8 Å². The first kappa shape index (κ1) is 13.7. The molecule has 1 unspecified atom stereocenters. The van der Waals surface area contributed by atoms with Gasteiger partial charge in [-0.25, -0.2) is 9.78 Å². The molecule has 4 nitrogen and oxygen atoms in total. The molecular formula is C15H20N2O2S. The number of aromatic carboxylic acids is 1. The summed E-state index contributed by atoms with van der Waals surface area (Å²) in [6.07, 6.45) is 5.43. The van der Waals surface area contributed by atoms with Crippen LogP contribution in [-0.4, -0.2) is 33.1 Å². The Morgan fingerprint density at radius 1 is 1.50 bits per heavy atom. The lowest BCUT2D eigenvalue weighted by atomic mass is 10.1. The van der Waals surface area contributed by atoms with Gasteiger partial charge in [-0.15, -0.1) is 0 Å². The fraction of sp³-hybridized carbons (Fsp3) is 0.600. The molecule has 2 heterocycles. The molecule has 1 atom stereocenters. The van der Waals surface area contributed by atoms with Gasteiger partial charge in [0.15, 0.2) is 0 Å². The number of nitrogens with zero attached hydrogens (tertiary/aromatic N) is 1. The van der Waals surface area contributed by atoms with E-state index in [1.807, 2.05) is 17.8 Å². The molecule has 1 aromatic heterocycles. The lowest BCUT2D eigenvalue weighted by Crippen LogP contribution is -2.28. The minimum Gasteiger partial charge on any atom is -0.478 e. The van der Waals surface area contributed by atoms with Crippen molar-refractivity contribution in [1.29, 1.82) is 0 Å². The Kier molecular flexibility index (Phi) is 3.63. The molecule has 1 aliphatic carbocycles. The maximum atomic E-state index is 11.4. The number of fused-ring (bicyclic) bond motifs is 1. The van der Waals surface area contributed by atoms with Crippen molar-refractivity contribution in [3.8, 4) is 0 Å². The third-order valence-electron chi connectivity index (χ3n) is 4.21. The monoisotopic (exact) mass is 292 g/mol. The first-order chi connectivity index (χ1) is 9.57. The number of nitrogens with one attached hydrogen (secondary N) is 1. The van der Waals surface area contributed by atoms with Crippen molar-refractivity contribution >= 4 is 23.5 Å². The summed E-state index contributed by atoms with van der Waals surface area (Å²) in [6, 6.07) is 1.81. The second-order valence-corrected chi connectivity index (χ2v) is 7.59. The standard InChI is InChI=1S/C15H20N2O2S/c1-15(6-3-7-20-15)9-16-13-11(14(18)19)8-10-4-2-5-12(10)17-13/h8H,2-7,9H2,1H3,(H,16,17)(H,18,19). The summed E-state index contributed by atoms with van der Waals surface area (Å²) in [6.45, 7) is 3.02. The maximum absolute atomic E-state index is 11.4. The van der Waals surface area contributed by atoms with E-state index in [1.54, 1.807) is 0 Å². The van der Waals surface area contributed by atoms with Crippen LogP contribution in [0.4, 0.5) is 5.82 Å². The molecule has 1 aromatic rings. The minimum atomic E-state index is -0.890. The Balaban J connectivity index is 1.82. The van der Waals surface area contributed by atoms with Crippen molar-refractivity contribution in [2.75, 3.05) is 17.6 Å². The Bertz CT molecular complexity index is 539. The summed E-state index contributed by atoms with van der Waals surface area (Å²) in [5, 5.41) is 12.7. The lowest BCUT2D eigenvalue weighted by molar-refractivity contribution is 0.0697. The molecule has 0 bridgehead atoms. The summed E-state index contributed by atoms with van der Waals surface area (Å²) < 4.78 is 0.205. The Morgan fingerprint density at radius 3 is 3.05 bits per heavy atom. The van der Waals surface area contributed by atoms with Crippen molar-refractivity contribution in [3.63, 3.8) is 0 Å². The lowest BCUT2D eigenvalue weighted by Gasteiger charge is -2.24. The number of aromatic nitrogens is 1. The average Bonchev–Trinajstić information content (AvgIpc) is 3.04. The van der Waals surface area contributed by atoms with Gasteiger partial charge in [0.25, 0.3) is 0 Å². The zero-order valence-electron chi connectivity index (χ0n) is 11.7. The first-order valence-corrected chi connectivity index (χ1v) is 8.20. The van der Waals surface area contributed by atoms with E-state index in [4.69, 9.17) is 0 Å². The van der Waals surface area contributed by atoms with Gasteiger partial charge in [0.05, 0.1) is 0 Å². The molecule has 0 radical (unpaired) electrons. The highest BCUT2D eigenvalue weighted by atomic mass is 32.2. The summed E-state index contributed by atoms with van der Waals surface area (Å²) in [5.41, 5.74) is 2.49. The SMILES string of the molecule is CC1(CNc2nc3c(cc2C(=O)O)CCC3)CCCS1. The molecule has 0 saturated carbocycles. The van der Waals surface area contributed by atoms with Crippen molar-refractivity contribution in [2.24, 2.45) is 0 Å². The molecule has 5 heteroatoms. The second kappa shape index (κ2) is 5.28. The largest absolute Gasteiger partial charge is 0.478 e. The number of carboxylic acid groups (broad SMARTS) is 1. The van der Waals surface area contributed by atoms with Gasteiger partial charge >= 0.3 is 5.97 Å². The number of hydrogen-bond acceptors (Lipinski definition) is 4. The van der Waals surface area contributed by atoms with Crippen LogP contribution in [0.5, 0.6) is 0 Å². The van der Waals surface area contributed by atoms with E-state index in [9.17, 15) is 9.90 Å². The molecule has 0 spiro atoms. The zero-order valence-corrected chi connectivity index (χ0v) is 12.6. The van der Waals surface area contributed by atoms with E-state index in [2.05, 4.69) is 17.2 Å². The fourth-order valence-electron chi connectivity index (χ4n) is 3.02. The Morgan fingerprint density at radius 2 is 2.35 bits per heavy atom. The van der Waals surface area contributed by atoms with Crippen molar-refractivity contribution < 1.29 is 9.90 Å². The van der Waals surface area contributed by atoms with Gasteiger partial charge in [-0.3, -0.25) is 0 Å². The predicted molar refractivity (Wildman–Crippen MR) is 81.8 cm³/mol. The molecule has 0 aromatic carbocycles. The highest BCUT2D eigenvalue weighted by Crippen LogP contribution is 2.38. The van der Waals surface area contributed by atoms with Gasteiger partial charge in [0, 0.05) is 17.0 Å². The zero-order chi connectivity index (χ0) is 14.2. The van der Waals surface area contributed by atoms with Crippen LogP contribution in [-0.2, 0) is 12.8 Å². The molecule has 20 heavy (non-hydrogen) atoms. The maximum Gasteiger partial charge on any atom is 0.339 e. The van der Waals surface area contributed by atoms with Gasteiger partial charge < -0.3 is 10.4 Å². The van der Waals surface area contributed by atoms with Gasteiger partial charge in [-0.05, 0) is 56.4 Å². The van der Waals surface area contributed by atoms with Crippen LogP contribution in [0.1, 0.15) is 47.8 Å². The van der Waals surface area contributed by atoms with Gasteiger partial charge in [-0.2, -0.15) is 11.8 Å². The van der Waals surface area contributed by atoms with Crippen LogP contribution in [0.2, 0.25) is 0 Å². The number of carbonyl (C=O) groups is 1. The first-order valence-electron chi connectivity index (χ1n) is 7.21. The van der Waals surface area contributed by atoms with Crippen molar-refractivity contribution in [2.45, 2.75) is 43.8 Å². The van der Waals surface area contributed by atoms with Crippen LogP contribution in [0.15, 0.2) is 6.07 Å². The highest BCUT2D eigenvalue weighted by molar-refractivity contribution is 8.00. The number of hydrogen-bond donors (Lipinski definition) is 2. The van der Waals surface area contributed by atoms with Crippen LogP contribution in [0.3, 0.4) is 0 Å². The smallest absolute Gasteiger partial charge is 0.339 e. The molecule has 3 rings (SSSR count). The highest BCUT2D eigenvalue weighted by Gasteiger charge is 2.30. The minimum absolute atomic E-state index is 0.205. The topological polar surface area (TPSA) is 62.2 Å². The summed E-state index contributed by atoms with van der Waals surface area (Å²) in [7, 11) is 0. The molecular weight excluding hydrogens is 272 g/mol. The molecule has 0 amide bonds. The number of thioether (sulfide) groups is 1. The fourth-order valence-corrected chi connectivity index (χ4v) is 4.26. The number of anilines is 1. The molecule has 2 N–H and O–H groups in total. The summed E-state index contributed by atoms with van der Waals surface area (Å²) >= 11 is 1.97. The molecule has 2 aliphatic rings. The molecule has 108 valence electrons. The summed E-state index contributed by atoms with van der Waals surface area (Å²) in [4.78, 5) is 16.0. The second-order valence-electron chi connectivity index (χ2n) is 5.90. The van der Waals surface area contributed by atoms with Gasteiger partial charge in [-0.1, -0.05) is 0 Å². The quantitative estimate of drug-likeness (QED) is 0.893. The predicted octanol–water partition coefficient (Wildman–Crippen LogP) is 2.97. The molecule has 1 saturated heterocycles. The van der Waals surface area contributed by atoms with Crippen LogP contribution in [0, 0.1) is 0 Å². The number of rotatable bonds is 4. The van der Waals surface area contributed by atoms with Crippen LogP contribution in [0.25, 0.3) is 0 Å². The number of carboxylic acids is 1. The van der Waals surface area contributed by atoms with E-state index < -0.39 is 5.97 Å². The van der Waals surface area contributed by atoms with E-state index in [0.717, 1.165) is 37.1 Å². The van der Waals surface area contributed by atoms with E-state index in [0.29, 0.717) is 11.4 Å². The Labute approximate surface area is 123 Å². The van der Waals surface area contributed by atoms with E-state index in [1.165, 1.54) is 18.6 Å². The molecule has 1 aliphatic heterocycles. The van der Waals surface area contributed by atoms with Gasteiger partial charge in [0.1, 0.15) is 11.4 Å². The van der Waals surface area contributed by atoms with E-state index in [-0.39, 0.29) is 4.75 Å². The van der Waals surface area contributed by atoms with E-state index >= 15 is 0 Å². The summed E-state index contributed by atoms with van der Waals surface area (Å²) in [5.74, 6) is 0.854. The van der Waals surface area contributed by atoms with Crippen molar-refractivity contribution in [1.82, 2.24) is 4.98 Å². The van der Waals surface area contributed by atoms with Crippen molar-refractivity contribution in [3.05, 3.63) is 22.9 Å². The third-order valence-corrected chi connectivity index (χ3v) is 5.75. The average molecular weight is 292 g/mol.